The summed E-state index contributed by atoms with van der Waals surface area (Å²) in [6.07, 6.45) is 4.00. The normalized spacial score (nSPS) is 15.0. The molecule has 0 aliphatic heterocycles. The number of carbonyl (C=O) groups excluding carboxylic acids is 1. The summed E-state index contributed by atoms with van der Waals surface area (Å²) in [6.45, 7) is 2.07. The van der Waals surface area contributed by atoms with E-state index in [0.717, 1.165) is 37.0 Å². The predicted octanol–water partition coefficient (Wildman–Crippen LogP) is 3.48. The molecule has 3 rings (SSSR count). The maximum atomic E-state index is 12.0. The fraction of sp³-hybridized carbons (Fsp3) is 0.300. The SMILES string of the molecule is CCc1ccc(OCC(=O)N/N=C2\CCCc3ccccc32)cc1. The molecule has 0 radical (unpaired) electrons. The van der Waals surface area contributed by atoms with Gasteiger partial charge >= 0.3 is 0 Å². The minimum atomic E-state index is -0.245. The third kappa shape index (κ3) is 4.02. The number of nitrogens with zero attached hydrogens (tertiary/aromatic N) is 1. The zero-order valence-electron chi connectivity index (χ0n) is 13.9. The molecule has 2 aromatic rings. The highest BCUT2D eigenvalue weighted by Gasteiger charge is 2.15. The number of carbonyl (C=O) groups is 1. The highest BCUT2D eigenvalue weighted by molar-refractivity contribution is 6.03. The maximum Gasteiger partial charge on any atom is 0.277 e. The van der Waals surface area contributed by atoms with Gasteiger partial charge in [0, 0.05) is 5.56 Å². The van der Waals surface area contributed by atoms with Crippen molar-refractivity contribution in [1.82, 2.24) is 5.43 Å². The molecule has 0 fully saturated rings. The van der Waals surface area contributed by atoms with E-state index in [1.165, 1.54) is 11.1 Å². The number of rotatable bonds is 5. The van der Waals surface area contributed by atoms with Gasteiger partial charge in [-0.05, 0) is 48.9 Å². The molecule has 0 spiro atoms. The topological polar surface area (TPSA) is 50.7 Å². The van der Waals surface area contributed by atoms with E-state index in [-0.39, 0.29) is 12.5 Å². The van der Waals surface area contributed by atoms with E-state index < -0.39 is 0 Å². The number of ether oxygens (including phenoxy) is 1. The molecule has 0 atom stereocenters. The van der Waals surface area contributed by atoms with Crippen molar-refractivity contribution in [2.24, 2.45) is 5.10 Å². The quantitative estimate of drug-likeness (QED) is 0.857. The molecule has 0 saturated heterocycles. The lowest BCUT2D eigenvalue weighted by atomic mass is 9.90. The molecule has 0 saturated carbocycles. The van der Waals surface area contributed by atoms with Crippen LogP contribution in [0.25, 0.3) is 0 Å². The van der Waals surface area contributed by atoms with E-state index in [4.69, 9.17) is 4.74 Å². The van der Waals surface area contributed by atoms with Crippen LogP contribution in [-0.4, -0.2) is 18.2 Å². The molecule has 1 N–H and O–H groups in total. The van der Waals surface area contributed by atoms with E-state index in [1.807, 2.05) is 36.4 Å². The first-order valence-corrected chi connectivity index (χ1v) is 8.41. The Hall–Kier alpha value is -2.62. The van der Waals surface area contributed by atoms with Gasteiger partial charge in [0.25, 0.3) is 5.91 Å². The average molecular weight is 322 g/mol. The van der Waals surface area contributed by atoms with Crippen LogP contribution in [0.2, 0.25) is 0 Å². The molecular weight excluding hydrogens is 300 g/mol. The standard InChI is InChI=1S/C20H22N2O2/c1-2-15-10-12-17(13-11-15)24-14-20(23)22-21-19-9-5-7-16-6-3-4-8-18(16)19/h3-4,6,8,10-13H,2,5,7,9,14H2,1H3,(H,22,23)/b21-19+. The number of fused-ring (bicyclic) bond motifs is 1. The second-order valence-electron chi connectivity index (χ2n) is 5.89. The second-order valence-corrected chi connectivity index (χ2v) is 5.89. The Balaban J connectivity index is 1.55. The van der Waals surface area contributed by atoms with Crippen LogP contribution in [0.15, 0.2) is 53.6 Å². The fourth-order valence-electron chi connectivity index (χ4n) is 2.85. The van der Waals surface area contributed by atoms with Crippen LogP contribution >= 0.6 is 0 Å². The molecule has 0 unspecified atom stereocenters. The maximum absolute atomic E-state index is 12.0. The van der Waals surface area contributed by atoms with Gasteiger partial charge in [-0.3, -0.25) is 4.79 Å². The summed E-state index contributed by atoms with van der Waals surface area (Å²) < 4.78 is 5.50. The van der Waals surface area contributed by atoms with Gasteiger partial charge < -0.3 is 4.74 Å². The van der Waals surface area contributed by atoms with E-state index in [0.29, 0.717) is 5.75 Å². The largest absolute Gasteiger partial charge is 0.484 e. The summed E-state index contributed by atoms with van der Waals surface area (Å²) >= 11 is 0. The lowest BCUT2D eigenvalue weighted by Crippen LogP contribution is -2.26. The van der Waals surface area contributed by atoms with Gasteiger partial charge in [-0.15, -0.1) is 0 Å². The van der Waals surface area contributed by atoms with Crippen LogP contribution in [-0.2, 0) is 17.6 Å². The van der Waals surface area contributed by atoms with Crippen LogP contribution in [0.3, 0.4) is 0 Å². The molecule has 1 aliphatic rings. The lowest BCUT2D eigenvalue weighted by Gasteiger charge is -2.17. The van der Waals surface area contributed by atoms with Gasteiger partial charge in [0.15, 0.2) is 6.61 Å². The molecule has 4 heteroatoms. The number of amides is 1. The van der Waals surface area contributed by atoms with E-state index in [1.54, 1.807) is 0 Å². The monoisotopic (exact) mass is 322 g/mol. The molecular formula is C20H22N2O2. The molecule has 0 bridgehead atoms. The Morgan fingerprint density at radius 2 is 1.92 bits per heavy atom. The molecule has 1 aliphatic carbocycles. The van der Waals surface area contributed by atoms with Gasteiger partial charge in [-0.1, -0.05) is 43.3 Å². The molecule has 4 nitrogen and oxygen atoms in total. The Bertz CT molecular complexity index is 736. The first-order chi connectivity index (χ1) is 11.8. The Morgan fingerprint density at radius 3 is 2.71 bits per heavy atom. The Morgan fingerprint density at radius 1 is 1.12 bits per heavy atom. The summed E-state index contributed by atoms with van der Waals surface area (Å²) in [5.41, 5.74) is 7.23. The van der Waals surface area contributed by atoms with Crippen molar-refractivity contribution in [3.05, 3.63) is 65.2 Å². The van der Waals surface area contributed by atoms with Gasteiger partial charge in [-0.2, -0.15) is 5.10 Å². The first-order valence-electron chi connectivity index (χ1n) is 8.41. The summed E-state index contributed by atoms with van der Waals surface area (Å²) in [4.78, 5) is 12.0. The van der Waals surface area contributed by atoms with Gasteiger partial charge in [0.05, 0.1) is 5.71 Å². The smallest absolute Gasteiger partial charge is 0.277 e. The number of aryl methyl sites for hydroxylation is 2. The number of hydrazone groups is 1. The van der Waals surface area contributed by atoms with Crippen LogP contribution < -0.4 is 10.2 Å². The van der Waals surface area contributed by atoms with Crippen molar-refractivity contribution in [3.8, 4) is 5.75 Å². The molecule has 124 valence electrons. The van der Waals surface area contributed by atoms with Crippen molar-refractivity contribution in [2.75, 3.05) is 6.61 Å². The molecule has 2 aromatic carbocycles. The van der Waals surface area contributed by atoms with Gasteiger partial charge in [0.2, 0.25) is 0 Å². The highest BCUT2D eigenvalue weighted by atomic mass is 16.5. The van der Waals surface area contributed by atoms with Crippen molar-refractivity contribution < 1.29 is 9.53 Å². The minimum Gasteiger partial charge on any atom is -0.484 e. The van der Waals surface area contributed by atoms with E-state index >= 15 is 0 Å². The summed E-state index contributed by atoms with van der Waals surface area (Å²) in [6, 6.07) is 16.0. The second kappa shape index (κ2) is 7.77. The first kappa shape index (κ1) is 16.2. The van der Waals surface area contributed by atoms with E-state index in [2.05, 4.69) is 29.6 Å². The lowest BCUT2D eigenvalue weighted by molar-refractivity contribution is -0.123. The number of nitrogens with one attached hydrogen (secondary N) is 1. The van der Waals surface area contributed by atoms with Crippen molar-refractivity contribution in [1.29, 1.82) is 0 Å². The third-order valence-electron chi connectivity index (χ3n) is 4.21. The Kier molecular flexibility index (Phi) is 5.26. The van der Waals surface area contributed by atoms with Crippen molar-refractivity contribution in [2.45, 2.75) is 32.6 Å². The van der Waals surface area contributed by atoms with Crippen molar-refractivity contribution in [3.63, 3.8) is 0 Å². The van der Waals surface area contributed by atoms with Crippen molar-refractivity contribution >= 4 is 11.6 Å². The predicted molar refractivity (Wildman–Crippen MR) is 95.4 cm³/mol. The minimum absolute atomic E-state index is 0.0378. The molecule has 1 amide bonds. The summed E-state index contributed by atoms with van der Waals surface area (Å²) in [5, 5.41) is 4.30. The average Bonchev–Trinajstić information content (AvgIpc) is 2.65. The molecule has 24 heavy (non-hydrogen) atoms. The van der Waals surface area contributed by atoms with Gasteiger partial charge in [-0.25, -0.2) is 5.43 Å². The molecule has 0 heterocycles. The zero-order chi connectivity index (χ0) is 16.8. The van der Waals surface area contributed by atoms with Crippen LogP contribution in [0.5, 0.6) is 5.75 Å². The van der Waals surface area contributed by atoms with Crippen LogP contribution in [0.1, 0.15) is 36.5 Å². The van der Waals surface area contributed by atoms with Gasteiger partial charge in [0.1, 0.15) is 5.75 Å². The third-order valence-corrected chi connectivity index (χ3v) is 4.21. The Labute approximate surface area is 142 Å². The highest BCUT2D eigenvalue weighted by Crippen LogP contribution is 2.21. The van der Waals surface area contributed by atoms with Crippen LogP contribution in [0, 0.1) is 0 Å². The molecule has 0 aromatic heterocycles. The number of hydrogen-bond donors (Lipinski definition) is 1. The number of hydrogen-bond acceptors (Lipinski definition) is 3. The van der Waals surface area contributed by atoms with E-state index in [9.17, 15) is 4.79 Å². The fourth-order valence-corrected chi connectivity index (χ4v) is 2.85. The number of benzene rings is 2. The summed E-state index contributed by atoms with van der Waals surface area (Å²) in [7, 11) is 0. The summed E-state index contributed by atoms with van der Waals surface area (Å²) in [5.74, 6) is 0.447. The van der Waals surface area contributed by atoms with Crippen LogP contribution in [0.4, 0.5) is 0 Å². The zero-order valence-corrected chi connectivity index (χ0v) is 13.9.